The average Bonchev–Trinajstić information content (AvgIpc) is 2.16. The van der Waals surface area contributed by atoms with Gasteiger partial charge in [-0.05, 0) is 12.1 Å². The van der Waals surface area contributed by atoms with Gasteiger partial charge >= 0.3 is 0 Å². The van der Waals surface area contributed by atoms with Crippen molar-refractivity contribution >= 4 is 18.3 Å². The molecule has 1 rings (SSSR count). The molecule has 0 aliphatic carbocycles. The Morgan fingerprint density at radius 3 is 2.57 bits per heavy atom. The second kappa shape index (κ2) is 4.32. The Morgan fingerprint density at radius 2 is 2.00 bits per heavy atom. The number of carbonyl (C=O) groups excluding carboxylic acids is 2. The van der Waals surface area contributed by atoms with Crippen molar-refractivity contribution < 1.29 is 14.0 Å². The lowest BCUT2D eigenvalue weighted by Gasteiger charge is -1.98. The van der Waals surface area contributed by atoms with Gasteiger partial charge in [0.2, 0.25) is 5.91 Å². The molecule has 0 aromatic heterocycles. The number of amides is 1. The van der Waals surface area contributed by atoms with Gasteiger partial charge in [-0.25, -0.2) is 4.39 Å². The summed E-state index contributed by atoms with van der Waals surface area (Å²) in [7, 11) is 0. The summed E-state index contributed by atoms with van der Waals surface area (Å²) in [6.45, 7) is 0. The number of halogens is 1. The van der Waals surface area contributed by atoms with Crippen LogP contribution in [-0.2, 0) is 4.79 Å². The Hall–Kier alpha value is -1.97. The predicted molar refractivity (Wildman–Crippen MR) is 50.0 cm³/mol. The van der Waals surface area contributed by atoms with Crippen molar-refractivity contribution in [3.05, 3.63) is 41.2 Å². The van der Waals surface area contributed by atoms with Gasteiger partial charge in [-0.15, -0.1) is 0 Å². The third kappa shape index (κ3) is 2.26. The highest BCUT2D eigenvalue weighted by Gasteiger charge is 2.03. The molecular formula is C10H8FNO2. The molecule has 0 aliphatic rings. The SMILES string of the molecule is NC(=O)C=Cc1cccc(C=O)c1F. The van der Waals surface area contributed by atoms with Gasteiger partial charge in [-0.3, -0.25) is 9.59 Å². The van der Waals surface area contributed by atoms with E-state index in [1.807, 2.05) is 0 Å². The van der Waals surface area contributed by atoms with E-state index in [1.54, 1.807) is 0 Å². The number of carbonyl (C=O) groups is 2. The molecule has 1 amide bonds. The second-order valence-corrected chi connectivity index (χ2v) is 2.60. The Bertz CT molecular complexity index is 399. The Kier molecular flexibility index (Phi) is 3.12. The Morgan fingerprint density at radius 1 is 1.36 bits per heavy atom. The van der Waals surface area contributed by atoms with Crippen LogP contribution in [0.5, 0.6) is 0 Å². The minimum atomic E-state index is -0.666. The maximum absolute atomic E-state index is 13.3. The van der Waals surface area contributed by atoms with E-state index in [1.165, 1.54) is 24.3 Å². The first-order valence-electron chi connectivity index (χ1n) is 3.86. The van der Waals surface area contributed by atoms with Crippen molar-refractivity contribution in [1.82, 2.24) is 0 Å². The number of hydrogen-bond donors (Lipinski definition) is 1. The van der Waals surface area contributed by atoms with Gasteiger partial charge in [0.1, 0.15) is 5.82 Å². The smallest absolute Gasteiger partial charge is 0.241 e. The van der Waals surface area contributed by atoms with Crippen LogP contribution in [0.1, 0.15) is 15.9 Å². The predicted octanol–water partition coefficient (Wildman–Crippen LogP) is 1.14. The zero-order valence-electron chi connectivity index (χ0n) is 7.24. The first-order valence-corrected chi connectivity index (χ1v) is 3.86. The minimum absolute atomic E-state index is 0.0448. The second-order valence-electron chi connectivity index (χ2n) is 2.60. The van der Waals surface area contributed by atoms with Crippen LogP contribution in [0.4, 0.5) is 4.39 Å². The van der Waals surface area contributed by atoms with Crippen LogP contribution in [0.15, 0.2) is 24.3 Å². The normalized spacial score (nSPS) is 10.4. The van der Waals surface area contributed by atoms with Crippen molar-refractivity contribution in [2.75, 3.05) is 0 Å². The maximum atomic E-state index is 13.3. The zero-order chi connectivity index (χ0) is 10.6. The number of hydrogen-bond acceptors (Lipinski definition) is 2. The molecular weight excluding hydrogens is 185 g/mol. The summed E-state index contributed by atoms with van der Waals surface area (Å²) in [5, 5.41) is 0. The molecule has 14 heavy (non-hydrogen) atoms. The van der Waals surface area contributed by atoms with Crippen LogP contribution < -0.4 is 5.73 Å². The number of rotatable bonds is 3. The molecule has 4 heteroatoms. The van der Waals surface area contributed by atoms with E-state index >= 15 is 0 Å². The minimum Gasteiger partial charge on any atom is -0.366 e. The quantitative estimate of drug-likeness (QED) is 0.578. The largest absolute Gasteiger partial charge is 0.366 e. The highest BCUT2D eigenvalue weighted by atomic mass is 19.1. The topological polar surface area (TPSA) is 60.2 Å². The summed E-state index contributed by atoms with van der Waals surface area (Å²) in [5.41, 5.74) is 4.96. The van der Waals surface area contributed by atoms with Crippen molar-refractivity contribution in [1.29, 1.82) is 0 Å². The summed E-state index contributed by atoms with van der Waals surface area (Å²) in [4.78, 5) is 20.7. The molecule has 0 bridgehead atoms. The number of benzene rings is 1. The lowest BCUT2D eigenvalue weighted by atomic mass is 10.1. The molecule has 0 unspecified atom stereocenters. The van der Waals surface area contributed by atoms with E-state index in [0.29, 0.717) is 6.29 Å². The monoisotopic (exact) mass is 193 g/mol. The molecule has 0 radical (unpaired) electrons. The fraction of sp³-hybridized carbons (Fsp3) is 0. The maximum Gasteiger partial charge on any atom is 0.241 e. The van der Waals surface area contributed by atoms with Crippen LogP contribution in [0.2, 0.25) is 0 Å². The number of aldehydes is 1. The van der Waals surface area contributed by atoms with Crippen molar-refractivity contribution in [2.24, 2.45) is 5.73 Å². The summed E-state index contributed by atoms with van der Waals surface area (Å²) in [5.74, 6) is -1.32. The van der Waals surface area contributed by atoms with Gasteiger partial charge in [-0.1, -0.05) is 12.1 Å². The van der Waals surface area contributed by atoms with Gasteiger partial charge in [0.05, 0.1) is 5.56 Å². The molecule has 0 saturated carbocycles. The van der Waals surface area contributed by atoms with E-state index in [2.05, 4.69) is 0 Å². The van der Waals surface area contributed by atoms with E-state index < -0.39 is 11.7 Å². The standard InChI is InChI=1S/C10H8FNO2/c11-10-7(4-5-9(12)14)2-1-3-8(10)6-13/h1-6H,(H2,12,14). The first kappa shape index (κ1) is 10.1. The molecule has 0 saturated heterocycles. The molecule has 3 nitrogen and oxygen atoms in total. The van der Waals surface area contributed by atoms with E-state index in [4.69, 9.17) is 5.73 Å². The molecule has 0 heterocycles. The lowest BCUT2D eigenvalue weighted by Crippen LogP contribution is -2.05. The molecule has 0 atom stereocenters. The van der Waals surface area contributed by atoms with Gasteiger partial charge < -0.3 is 5.73 Å². The van der Waals surface area contributed by atoms with Crippen molar-refractivity contribution in [2.45, 2.75) is 0 Å². The van der Waals surface area contributed by atoms with Gasteiger partial charge in [0, 0.05) is 11.6 Å². The fourth-order valence-corrected chi connectivity index (χ4v) is 0.960. The van der Waals surface area contributed by atoms with Gasteiger partial charge in [0.25, 0.3) is 0 Å². The molecule has 1 aromatic carbocycles. The highest BCUT2D eigenvalue weighted by Crippen LogP contribution is 2.12. The fourth-order valence-electron chi connectivity index (χ4n) is 0.960. The number of nitrogens with two attached hydrogens (primary N) is 1. The van der Waals surface area contributed by atoms with Crippen molar-refractivity contribution in [3.8, 4) is 0 Å². The van der Waals surface area contributed by atoms with E-state index in [9.17, 15) is 14.0 Å². The summed E-state index contributed by atoms with van der Waals surface area (Å²) >= 11 is 0. The van der Waals surface area contributed by atoms with Crippen LogP contribution in [0.25, 0.3) is 6.08 Å². The Balaban J connectivity index is 3.09. The molecule has 2 N–H and O–H groups in total. The molecule has 0 fully saturated rings. The third-order valence-electron chi connectivity index (χ3n) is 1.61. The van der Waals surface area contributed by atoms with Crippen LogP contribution >= 0.6 is 0 Å². The Labute approximate surface area is 80.0 Å². The van der Waals surface area contributed by atoms with Gasteiger partial charge in [0.15, 0.2) is 6.29 Å². The lowest BCUT2D eigenvalue weighted by molar-refractivity contribution is -0.113. The van der Waals surface area contributed by atoms with E-state index in [-0.39, 0.29) is 11.1 Å². The summed E-state index contributed by atoms with van der Waals surface area (Å²) in [6.07, 6.45) is 2.68. The van der Waals surface area contributed by atoms with Crippen LogP contribution in [0.3, 0.4) is 0 Å². The zero-order valence-corrected chi connectivity index (χ0v) is 7.24. The first-order chi connectivity index (χ1) is 6.65. The van der Waals surface area contributed by atoms with Gasteiger partial charge in [-0.2, -0.15) is 0 Å². The molecule has 1 aromatic rings. The molecule has 0 spiro atoms. The summed E-state index contributed by atoms with van der Waals surface area (Å²) in [6, 6.07) is 4.32. The number of primary amides is 1. The van der Waals surface area contributed by atoms with E-state index in [0.717, 1.165) is 6.08 Å². The molecule has 0 aliphatic heterocycles. The highest BCUT2D eigenvalue weighted by molar-refractivity contribution is 5.90. The third-order valence-corrected chi connectivity index (χ3v) is 1.61. The average molecular weight is 193 g/mol. The molecule has 72 valence electrons. The van der Waals surface area contributed by atoms with Crippen molar-refractivity contribution in [3.63, 3.8) is 0 Å². The summed E-state index contributed by atoms with van der Waals surface area (Å²) < 4.78 is 13.3. The van der Waals surface area contributed by atoms with Crippen LogP contribution in [-0.4, -0.2) is 12.2 Å². The van der Waals surface area contributed by atoms with Crippen LogP contribution in [0, 0.1) is 5.82 Å².